The van der Waals surface area contributed by atoms with Gasteiger partial charge in [-0.1, -0.05) is 23.7 Å². The first kappa shape index (κ1) is 17.1. The lowest BCUT2D eigenvalue weighted by molar-refractivity contribution is -0.117. The molecule has 4 rings (SSSR count). The summed E-state index contributed by atoms with van der Waals surface area (Å²) in [5.41, 5.74) is 2.91. The number of fused-ring (bicyclic) bond motifs is 1. The highest BCUT2D eigenvalue weighted by atomic mass is 35.5. The van der Waals surface area contributed by atoms with Crippen LogP contribution in [0, 0.1) is 0 Å². The van der Waals surface area contributed by atoms with Crippen molar-refractivity contribution in [2.24, 2.45) is 0 Å². The monoisotopic (exact) mass is 369 g/mol. The Kier molecular flexibility index (Phi) is 4.66. The molecule has 1 aliphatic rings. The van der Waals surface area contributed by atoms with E-state index < -0.39 is 0 Å². The smallest absolute Gasteiger partial charge is 0.227 e. The van der Waals surface area contributed by atoms with Gasteiger partial charge in [-0.05, 0) is 36.4 Å². The van der Waals surface area contributed by atoms with Crippen LogP contribution in [0.25, 0.3) is 11.0 Å². The lowest BCUT2D eigenvalue weighted by Crippen LogP contribution is -2.24. The Morgan fingerprint density at radius 3 is 2.73 bits per heavy atom. The Labute approximate surface area is 157 Å². The zero-order chi connectivity index (χ0) is 18.1. The molecule has 0 aliphatic carbocycles. The number of imidazole rings is 1. The Morgan fingerprint density at radius 2 is 1.96 bits per heavy atom. The Balaban J connectivity index is 1.67. The van der Waals surface area contributed by atoms with E-state index in [1.165, 1.54) is 0 Å². The third-order valence-corrected chi connectivity index (χ3v) is 5.08. The number of hydrogen-bond acceptors (Lipinski definition) is 3. The van der Waals surface area contributed by atoms with Crippen LogP contribution in [0.3, 0.4) is 0 Å². The maximum Gasteiger partial charge on any atom is 0.227 e. The summed E-state index contributed by atoms with van der Waals surface area (Å²) in [4.78, 5) is 19.3. The number of methoxy groups -OCH3 is 1. The normalized spacial score (nSPS) is 17.4. The Hall–Kier alpha value is -2.37. The molecule has 6 heteroatoms. The average Bonchev–Trinajstić information content (AvgIpc) is 3.21. The van der Waals surface area contributed by atoms with E-state index in [4.69, 9.17) is 21.3 Å². The van der Waals surface area contributed by atoms with Crippen LogP contribution in [0.15, 0.2) is 48.5 Å². The van der Waals surface area contributed by atoms with Crippen LogP contribution in [0.4, 0.5) is 5.69 Å². The molecule has 1 aliphatic heterocycles. The highest BCUT2D eigenvalue weighted by Gasteiger charge is 2.34. The van der Waals surface area contributed by atoms with Crippen molar-refractivity contribution in [2.45, 2.75) is 18.9 Å². The van der Waals surface area contributed by atoms with Crippen molar-refractivity contribution in [1.82, 2.24) is 9.55 Å². The summed E-state index contributed by atoms with van der Waals surface area (Å²) in [7, 11) is 1.69. The molecule has 1 aromatic heterocycles. The fraction of sp³-hybridized carbons (Fsp3) is 0.300. The van der Waals surface area contributed by atoms with Crippen LogP contribution in [-0.2, 0) is 16.1 Å². The number of ether oxygens (including phenoxy) is 1. The zero-order valence-electron chi connectivity index (χ0n) is 14.6. The Bertz CT molecular complexity index is 936. The topological polar surface area (TPSA) is 47.4 Å². The van der Waals surface area contributed by atoms with Crippen LogP contribution >= 0.6 is 11.6 Å². The van der Waals surface area contributed by atoms with Crippen molar-refractivity contribution >= 4 is 34.2 Å². The van der Waals surface area contributed by atoms with Gasteiger partial charge in [-0.15, -0.1) is 0 Å². The summed E-state index contributed by atoms with van der Waals surface area (Å²) in [6.07, 6.45) is 0.457. The summed E-state index contributed by atoms with van der Waals surface area (Å²) in [5, 5.41) is 0.665. The third kappa shape index (κ3) is 3.08. The standard InChI is InChI=1S/C20H20ClN3O2/c1-26-11-10-23-18-5-3-2-4-17(18)22-20(23)14-12-19(25)24(13-14)16-8-6-15(21)7-9-16/h2-9,14H,10-13H2,1H3/t14-/m1/s1. The Morgan fingerprint density at radius 1 is 1.19 bits per heavy atom. The van der Waals surface area contributed by atoms with Gasteiger partial charge < -0.3 is 14.2 Å². The summed E-state index contributed by atoms with van der Waals surface area (Å²) >= 11 is 5.97. The predicted molar refractivity (Wildman–Crippen MR) is 103 cm³/mol. The van der Waals surface area contributed by atoms with Gasteiger partial charge in [-0.3, -0.25) is 4.79 Å². The average molecular weight is 370 g/mol. The number of rotatable bonds is 5. The minimum atomic E-state index is 0.0578. The number of aromatic nitrogens is 2. The molecule has 0 unspecified atom stereocenters. The molecule has 1 fully saturated rings. The van der Waals surface area contributed by atoms with E-state index >= 15 is 0 Å². The van der Waals surface area contributed by atoms with E-state index in [1.807, 2.05) is 47.4 Å². The van der Waals surface area contributed by atoms with Gasteiger partial charge in [0.25, 0.3) is 0 Å². The van der Waals surface area contributed by atoms with Gasteiger partial charge in [0, 0.05) is 43.2 Å². The molecule has 2 heterocycles. The molecule has 1 saturated heterocycles. The van der Waals surface area contributed by atoms with Crippen molar-refractivity contribution in [3.8, 4) is 0 Å². The number of carbonyl (C=O) groups excluding carboxylic acids is 1. The first-order chi connectivity index (χ1) is 12.7. The lowest BCUT2D eigenvalue weighted by atomic mass is 10.1. The fourth-order valence-corrected chi connectivity index (χ4v) is 3.70. The van der Waals surface area contributed by atoms with Crippen molar-refractivity contribution in [1.29, 1.82) is 0 Å². The third-order valence-electron chi connectivity index (χ3n) is 4.83. The van der Waals surface area contributed by atoms with Crippen LogP contribution < -0.4 is 4.90 Å². The maximum absolute atomic E-state index is 12.6. The number of anilines is 1. The van der Waals surface area contributed by atoms with Crippen molar-refractivity contribution < 1.29 is 9.53 Å². The molecule has 0 bridgehead atoms. The van der Waals surface area contributed by atoms with Gasteiger partial charge in [0.15, 0.2) is 0 Å². The first-order valence-electron chi connectivity index (χ1n) is 8.67. The highest BCUT2D eigenvalue weighted by molar-refractivity contribution is 6.30. The molecule has 5 nitrogen and oxygen atoms in total. The van der Waals surface area contributed by atoms with Gasteiger partial charge in [0.05, 0.1) is 17.6 Å². The van der Waals surface area contributed by atoms with Crippen molar-refractivity contribution in [2.75, 3.05) is 25.2 Å². The number of para-hydroxylation sites is 2. The molecular weight excluding hydrogens is 350 g/mol. The number of halogens is 1. The summed E-state index contributed by atoms with van der Waals surface area (Å²) in [6, 6.07) is 15.5. The van der Waals surface area contributed by atoms with Gasteiger partial charge >= 0.3 is 0 Å². The van der Waals surface area contributed by atoms with Gasteiger partial charge in [-0.2, -0.15) is 0 Å². The molecule has 134 valence electrons. The van der Waals surface area contributed by atoms with Gasteiger partial charge in [0.1, 0.15) is 5.82 Å². The minimum absolute atomic E-state index is 0.0578. The number of hydrogen-bond donors (Lipinski definition) is 0. The summed E-state index contributed by atoms with van der Waals surface area (Å²) in [5.74, 6) is 1.12. The number of carbonyl (C=O) groups is 1. The minimum Gasteiger partial charge on any atom is -0.383 e. The summed E-state index contributed by atoms with van der Waals surface area (Å²) in [6.45, 7) is 1.95. The van der Waals surface area contributed by atoms with Gasteiger partial charge in [-0.25, -0.2) is 4.98 Å². The molecule has 0 radical (unpaired) electrons. The number of amides is 1. The largest absolute Gasteiger partial charge is 0.383 e. The van der Waals surface area contributed by atoms with Crippen molar-refractivity contribution in [3.05, 3.63) is 59.4 Å². The predicted octanol–water partition coefficient (Wildman–Crippen LogP) is 3.86. The lowest BCUT2D eigenvalue weighted by Gasteiger charge is -2.17. The quantitative estimate of drug-likeness (QED) is 0.686. The molecular formula is C20H20ClN3O2. The molecule has 1 atom stereocenters. The van der Waals surface area contributed by atoms with Crippen LogP contribution in [0.5, 0.6) is 0 Å². The first-order valence-corrected chi connectivity index (χ1v) is 9.05. The molecule has 0 spiro atoms. The van der Waals surface area contributed by atoms with E-state index in [1.54, 1.807) is 7.11 Å². The second kappa shape index (κ2) is 7.09. The summed E-state index contributed by atoms with van der Waals surface area (Å²) < 4.78 is 7.45. The molecule has 1 amide bonds. The maximum atomic E-state index is 12.6. The van der Waals surface area contributed by atoms with Gasteiger partial charge in [0.2, 0.25) is 5.91 Å². The number of benzene rings is 2. The van der Waals surface area contributed by atoms with E-state index in [9.17, 15) is 4.79 Å². The second-order valence-corrected chi connectivity index (χ2v) is 6.92. The second-order valence-electron chi connectivity index (χ2n) is 6.48. The molecule has 26 heavy (non-hydrogen) atoms. The molecule has 0 saturated carbocycles. The van der Waals surface area contributed by atoms with E-state index in [2.05, 4.69) is 10.6 Å². The molecule has 3 aromatic rings. The zero-order valence-corrected chi connectivity index (χ0v) is 15.3. The van der Waals surface area contributed by atoms with E-state index in [-0.39, 0.29) is 11.8 Å². The van der Waals surface area contributed by atoms with Crippen LogP contribution in [0.2, 0.25) is 5.02 Å². The fourth-order valence-electron chi connectivity index (χ4n) is 3.57. The molecule has 2 aromatic carbocycles. The number of nitrogens with zero attached hydrogens (tertiary/aromatic N) is 3. The SMILES string of the molecule is COCCn1c([C@@H]2CC(=O)N(c3ccc(Cl)cc3)C2)nc2ccccc21. The van der Waals surface area contributed by atoms with E-state index in [0.717, 1.165) is 29.1 Å². The van der Waals surface area contributed by atoms with Crippen LogP contribution in [-0.4, -0.2) is 35.7 Å². The van der Waals surface area contributed by atoms with E-state index in [0.29, 0.717) is 24.6 Å². The highest BCUT2D eigenvalue weighted by Crippen LogP contribution is 2.33. The van der Waals surface area contributed by atoms with Crippen LogP contribution in [0.1, 0.15) is 18.2 Å². The van der Waals surface area contributed by atoms with Crippen molar-refractivity contribution in [3.63, 3.8) is 0 Å². The molecule has 0 N–H and O–H groups in total.